The number of benzene rings is 1. The Morgan fingerprint density at radius 2 is 1.62 bits per heavy atom. The van der Waals surface area contributed by atoms with Crippen LogP contribution in [0.25, 0.3) is 0 Å². The third-order valence-corrected chi connectivity index (χ3v) is 17.7. The number of methoxy groups -OCH3 is 3. The number of aromatic nitrogens is 1. The molecular formula is C53H79Cl2N3O12S. The summed E-state index contributed by atoms with van der Waals surface area (Å²) >= 11 is 14.8. The van der Waals surface area contributed by atoms with Crippen molar-refractivity contribution in [2.24, 2.45) is 29.6 Å². The molecule has 15 nitrogen and oxygen atoms in total. The summed E-state index contributed by atoms with van der Waals surface area (Å²) in [5, 5.41) is 12.2. The van der Waals surface area contributed by atoms with Crippen LogP contribution in [0.2, 0.25) is 10.0 Å². The van der Waals surface area contributed by atoms with Gasteiger partial charge in [0, 0.05) is 92.5 Å². The fraction of sp³-hybridized carbons (Fsp3) is 0.736. The van der Waals surface area contributed by atoms with Gasteiger partial charge in [-0.15, -0.1) is 11.8 Å². The summed E-state index contributed by atoms with van der Waals surface area (Å²) in [6, 6.07) is 5.76. The first-order valence-corrected chi connectivity index (χ1v) is 27.1. The second kappa shape index (κ2) is 24.6. The molecule has 71 heavy (non-hydrogen) atoms. The molecule has 4 heterocycles. The first-order valence-electron chi connectivity index (χ1n) is 25.3. The predicted molar refractivity (Wildman–Crippen MR) is 275 cm³/mol. The van der Waals surface area contributed by atoms with Crippen molar-refractivity contribution < 1.29 is 57.4 Å². The van der Waals surface area contributed by atoms with E-state index in [1.54, 1.807) is 47.6 Å². The lowest BCUT2D eigenvalue weighted by molar-refractivity contribution is -0.305. The number of hydrogen-bond donors (Lipinski definition) is 1. The number of carbonyl (C=O) groups excluding carboxylic acids is 3. The number of likely N-dealkylation sites (N-methyl/N-ethyl adjacent to an activating group) is 1. The fourth-order valence-corrected chi connectivity index (χ4v) is 13.6. The second-order valence-corrected chi connectivity index (χ2v) is 23.0. The number of nitrogens with zero attached hydrogens (tertiary/aromatic N) is 3. The Balaban J connectivity index is 1.34. The summed E-state index contributed by atoms with van der Waals surface area (Å²) in [7, 11) is 8.77. The molecule has 1 N–H and O–H groups in total. The molecule has 1 aliphatic carbocycles. The Hall–Kier alpha value is -2.93. The minimum atomic E-state index is -1.40. The molecule has 15 atom stereocenters. The van der Waals surface area contributed by atoms with E-state index in [4.69, 9.17) is 61.1 Å². The number of fused-ring (bicyclic) bond motifs is 1. The molecular weight excluding hydrogens is 974 g/mol. The zero-order valence-electron chi connectivity index (χ0n) is 44.0. The average Bonchev–Trinajstić information content (AvgIpc) is 3.95. The van der Waals surface area contributed by atoms with Crippen LogP contribution in [0.1, 0.15) is 106 Å². The van der Waals surface area contributed by atoms with Crippen LogP contribution >= 0.6 is 35.0 Å². The molecule has 0 amide bonds. The molecule has 4 aliphatic rings. The topological polar surface area (TPSA) is 165 Å². The number of aliphatic hydroxyl groups excluding tert-OH is 1. The third kappa shape index (κ3) is 12.6. The maximum absolute atomic E-state index is 15.2. The number of ether oxygens (including phenoxy) is 8. The SMILES string of the molecule is CC[C@H]1OC(=O)[C@H](C)[C@@H](O)[C@H](C)[C@@H](O[C@@H]2O[C@H](C)C[C@H](N(C)C)[C@H]2OC)[C@](C)(OC)C[C@@H](C)C(=O)[C@H](C)[C@H]2[C@H](SCCN(Cc3c(Cl)cncc3Cl)c3ccc(OC)c(OC4CCCC4)c3)C(=O)O[C@@]21C. The molecule has 3 saturated heterocycles. The smallest absolute Gasteiger partial charge is 0.320 e. The first-order chi connectivity index (χ1) is 33.6. The van der Waals surface area contributed by atoms with Crippen LogP contribution < -0.4 is 14.4 Å². The van der Waals surface area contributed by atoms with Crippen molar-refractivity contribution in [3.05, 3.63) is 46.2 Å². The van der Waals surface area contributed by atoms with Crippen LogP contribution in [0.5, 0.6) is 11.5 Å². The summed E-state index contributed by atoms with van der Waals surface area (Å²) in [6.45, 7) is 15.3. The molecule has 18 heteroatoms. The van der Waals surface area contributed by atoms with Gasteiger partial charge in [0.05, 0.1) is 53.1 Å². The van der Waals surface area contributed by atoms with E-state index in [9.17, 15) is 14.7 Å². The minimum absolute atomic E-state index is 0.0448. The van der Waals surface area contributed by atoms with Crippen LogP contribution in [-0.4, -0.2) is 146 Å². The van der Waals surface area contributed by atoms with Crippen LogP contribution in [0.15, 0.2) is 30.6 Å². The van der Waals surface area contributed by atoms with Gasteiger partial charge in [-0.05, 0) is 98.9 Å². The van der Waals surface area contributed by atoms with Gasteiger partial charge in [-0.2, -0.15) is 0 Å². The number of aliphatic hydroxyl groups is 1. The van der Waals surface area contributed by atoms with E-state index >= 15 is 4.79 Å². The quantitative estimate of drug-likeness (QED) is 0.158. The van der Waals surface area contributed by atoms with Gasteiger partial charge in [-0.3, -0.25) is 19.4 Å². The molecule has 4 fully saturated rings. The van der Waals surface area contributed by atoms with E-state index < -0.39 is 88.7 Å². The summed E-state index contributed by atoms with van der Waals surface area (Å²) in [6.07, 6.45) is 3.84. The van der Waals surface area contributed by atoms with E-state index in [2.05, 4.69) is 14.8 Å². The zero-order chi connectivity index (χ0) is 52.1. The highest BCUT2D eigenvalue weighted by Crippen LogP contribution is 2.49. The molecule has 1 aromatic carbocycles. The van der Waals surface area contributed by atoms with E-state index in [1.807, 2.05) is 73.8 Å². The maximum atomic E-state index is 15.2. The summed E-state index contributed by atoms with van der Waals surface area (Å²) in [4.78, 5) is 52.4. The lowest BCUT2D eigenvalue weighted by Gasteiger charge is -2.48. The molecule has 2 aromatic rings. The van der Waals surface area contributed by atoms with E-state index in [1.165, 1.54) is 11.8 Å². The molecule has 0 unspecified atom stereocenters. The van der Waals surface area contributed by atoms with Gasteiger partial charge in [-0.1, -0.05) is 50.9 Å². The number of esters is 2. The largest absolute Gasteiger partial charge is 0.493 e. The number of Topliss-reactive ketones (excluding diaryl/α,β-unsaturated/α-hetero) is 1. The molecule has 3 aliphatic heterocycles. The number of ketones is 1. The average molecular weight is 1050 g/mol. The van der Waals surface area contributed by atoms with Crippen LogP contribution in [0.4, 0.5) is 5.69 Å². The first kappa shape index (κ1) is 57.4. The van der Waals surface area contributed by atoms with Gasteiger partial charge in [0.1, 0.15) is 23.2 Å². The van der Waals surface area contributed by atoms with Crippen molar-refractivity contribution in [1.29, 1.82) is 0 Å². The second-order valence-electron chi connectivity index (χ2n) is 20.9. The predicted octanol–water partition coefficient (Wildman–Crippen LogP) is 8.83. The number of halogens is 2. The highest BCUT2D eigenvalue weighted by Gasteiger charge is 2.61. The van der Waals surface area contributed by atoms with Crippen LogP contribution in [0, 0.1) is 29.6 Å². The molecule has 1 aromatic heterocycles. The molecule has 0 spiro atoms. The highest BCUT2D eigenvalue weighted by molar-refractivity contribution is 8.00. The molecule has 6 rings (SSSR count). The number of pyridine rings is 1. The van der Waals surface area contributed by atoms with Crippen molar-refractivity contribution in [3.8, 4) is 11.5 Å². The van der Waals surface area contributed by atoms with E-state index in [-0.39, 0.29) is 36.9 Å². The zero-order valence-corrected chi connectivity index (χ0v) is 46.3. The fourth-order valence-electron chi connectivity index (χ4n) is 11.7. The summed E-state index contributed by atoms with van der Waals surface area (Å²) in [5.41, 5.74) is -1.09. The maximum Gasteiger partial charge on any atom is 0.320 e. The van der Waals surface area contributed by atoms with Crippen molar-refractivity contribution in [3.63, 3.8) is 0 Å². The number of carbonyl (C=O) groups is 3. The van der Waals surface area contributed by atoms with Crippen LogP contribution in [-0.2, 0) is 49.3 Å². The normalized spacial score (nSPS) is 35.5. The Kier molecular flexibility index (Phi) is 19.9. The Labute approximate surface area is 435 Å². The number of hydrogen-bond acceptors (Lipinski definition) is 16. The standard InChI is InChI=1S/C53H79Cl2N3O12S/c1-14-42-53(8)43(47(50(62)70-53)71-22-21-58(28-36-37(54)26-56-27-38(36)55)34-19-20-40(63-11)41(24-34)67-35-17-15-16-18-35)31(4)44(59)29(2)25-52(7,65-13)48(32(5)45(60)33(6)49(61)68-42)69-51-46(64-12)39(57(9)10)23-30(3)66-51/h19-20,24,26-27,29-33,35,39,42-43,45-48,51,60H,14-18,21-23,25,28H2,1-13H3/t29-,30-,31-,32+,33-,39+,42-,43+,45+,46-,47+,48-,51+,52-,53-/m1/s1. The third-order valence-electron chi connectivity index (χ3n) is 15.8. The highest BCUT2D eigenvalue weighted by atomic mass is 35.5. The summed E-state index contributed by atoms with van der Waals surface area (Å²) in [5.74, 6) is -3.51. The summed E-state index contributed by atoms with van der Waals surface area (Å²) < 4.78 is 50.7. The Morgan fingerprint density at radius 1 is 0.944 bits per heavy atom. The number of rotatable bonds is 16. The van der Waals surface area contributed by atoms with E-state index in [0.717, 1.165) is 31.4 Å². The van der Waals surface area contributed by atoms with Crippen molar-refractivity contribution >= 4 is 58.4 Å². The lowest BCUT2D eigenvalue weighted by atomic mass is 9.70. The number of thioether (sulfide) groups is 1. The monoisotopic (exact) mass is 1050 g/mol. The van der Waals surface area contributed by atoms with Gasteiger partial charge in [0.25, 0.3) is 0 Å². The lowest BCUT2D eigenvalue weighted by Crippen LogP contribution is -2.60. The van der Waals surface area contributed by atoms with E-state index in [0.29, 0.717) is 52.4 Å². The van der Waals surface area contributed by atoms with Gasteiger partial charge >= 0.3 is 11.9 Å². The van der Waals surface area contributed by atoms with Crippen molar-refractivity contribution in [1.82, 2.24) is 9.88 Å². The Morgan fingerprint density at radius 3 is 2.23 bits per heavy atom. The minimum Gasteiger partial charge on any atom is -0.493 e. The van der Waals surface area contributed by atoms with Gasteiger partial charge < -0.3 is 52.8 Å². The molecule has 0 radical (unpaired) electrons. The molecule has 1 saturated carbocycles. The van der Waals surface area contributed by atoms with Gasteiger partial charge in [-0.25, -0.2) is 0 Å². The van der Waals surface area contributed by atoms with Gasteiger partial charge in [0.2, 0.25) is 0 Å². The molecule has 0 bridgehead atoms. The Bertz CT molecular complexity index is 2120. The van der Waals surface area contributed by atoms with Crippen molar-refractivity contribution in [2.45, 2.75) is 172 Å². The van der Waals surface area contributed by atoms with Crippen LogP contribution in [0.3, 0.4) is 0 Å². The molecule has 398 valence electrons. The van der Waals surface area contributed by atoms with Gasteiger partial charge in [0.15, 0.2) is 23.4 Å². The van der Waals surface area contributed by atoms with Crippen molar-refractivity contribution in [2.75, 3.05) is 52.6 Å². The number of cyclic esters (lactones) is 1. The number of anilines is 1.